The maximum Gasteiger partial charge on any atom is 0.352 e. The third-order valence-electron chi connectivity index (χ3n) is 1.19. The number of ether oxygens (including phenoxy) is 3. The van der Waals surface area contributed by atoms with Crippen LogP contribution in [0, 0.1) is 0 Å². The van der Waals surface area contributed by atoms with Crippen LogP contribution in [0.2, 0.25) is 0 Å². The summed E-state index contributed by atoms with van der Waals surface area (Å²) in [6.45, 7) is 5.05. The van der Waals surface area contributed by atoms with Gasteiger partial charge in [0.1, 0.15) is 6.61 Å². The highest BCUT2D eigenvalue weighted by molar-refractivity contribution is 7.79. The van der Waals surface area contributed by atoms with E-state index in [4.69, 9.17) is 14.2 Å². The Bertz CT molecular complexity index is 158. The largest absolute Gasteiger partial charge is 0.453 e. The normalized spacial score (nSPS) is 22.5. The van der Waals surface area contributed by atoms with E-state index in [1.807, 2.05) is 0 Å². The van der Waals surface area contributed by atoms with Gasteiger partial charge in [-0.05, 0) is 0 Å². The van der Waals surface area contributed by atoms with Crippen LogP contribution in [0.15, 0.2) is 12.7 Å². The highest BCUT2D eigenvalue weighted by Gasteiger charge is 2.21. The first-order valence-corrected chi connectivity index (χ1v) is 3.76. The molecule has 4 heteroatoms. The second kappa shape index (κ2) is 4.31. The standard InChI is InChI=1S/C7H10O3S/c1-2-3-8-4-6-5-9-7(11)10-6/h2,6H,1,3-5H2. The van der Waals surface area contributed by atoms with Gasteiger partial charge in [-0.25, -0.2) is 0 Å². The summed E-state index contributed by atoms with van der Waals surface area (Å²) in [5, 5.41) is 0.220. The summed E-state index contributed by atoms with van der Waals surface area (Å²) in [5.41, 5.74) is 0. The Morgan fingerprint density at radius 1 is 1.82 bits per heavy atom. The van der Waals surface area contributed by atoms with Crippen molar-refractivity contribution in [2.75, 3.05) is 19.8 Å². The number of thiocarbonyl (C=S) groups is 1. The van der Waals surface area contributed by atoms with Crippen molar-refractivity contribution in [2.45, 2.75) is 6.10 Å². The first-order chi connectivity index (χ1) is 5.33. The molecule has 1 fully saturated rings. The van der Waals surface area contributed by atoms with Gasteiger partial charge in [0.15, 0.2) is 6.10 Å². The van der Waals surface area contributed by atoms with Gasteiger partial charge in [0.05, 0.1) is 13.2 Å². The molecule has 3 nitrogen and oxygen atoms in total. The Morgan fingerprint density at radius 3 is 3.18 bits per heavy atom. The van der Waals surface area contributed by atoms with E-state index in [1.54, 1.807) is 6.08 Å². The average Bonchev–Trinajstić information content (AvgIpc) is 2.37. The van der Waals surface area contributed by atoms with Gasteiger partial charge in [0, 0.05) is 12.2 Å². The third kappa shape index (κ3) is 2.86. The van der Waals surface area contributed by atoms with Crippen molar-refractivity contribution in [1.29, 1.82) is 0 Å². The lowest BCUT2D eigenvalue weighted by Gasteiger charge is -2.05. The smallest absolute Gasteiger partial charge is 0.352 e. The van der Waals surface area contributed by atoms with Crippen LogP contribution >= 0.6 is 12.2 Å². The minimum absolute atomic E-state index is 0.0394. The van der Waals surface area contributed by atoms with Gasteiger partial charge in [0.25, 0.3) is 0 Å². The molecule has 0 amide bonds. The molecule has 1 saturated heterocycles. The minimum atomic E-state index is -0.0394. The second-order valence-corrected chi connectivity index (χ2v) is 2.46. The van der Waals surface area contributed by atoms with Crippen molar-refractivity contribution in [1.82, 2.24) is 0 Å². The van der Waals surface area contributed by atoms with Crippen LogP contribution in [0.1, 0.15) is 0 Å². The average molecular weight is 174 g/mol. The molecular weight excluding hydrogens is 164 g/mol. The van der Waals surface area contributed by atoms with E-state index >= 15 is 0 Å². The zero-order chi connectivity index (χ0) is 8.10. The predicted molar refractivity (Wildman–Crippen MR) is 44.4 cm³/mol. The van der Waals surface area contributed by atoms with E-state index in [1.165, 1.54) is 0 Å². The van der Waals surface area contributed by atoms with Gasteiger partial charge in [-0.3, -0.25) is 0 Å². The quantitative estimate of drug-likeness (QED) is 0.359. The van der Waals surface area contributed by atoms with Crippen molar-refractivity contribution in [3.8, 4) is 0 Å². The molecule has 0 aromatic heterocycles. The van der Waals surface area contributed by atoms with E-state index in [-0.39, 0.29) is 11.3 Å². The number of hydrogen-bond acceptors (Lipinski definition) is 4. The summed E-state index contributed by atoms with van der Waals surface area (Å²) in [7, 11) is 0. The molecule has 1 aliphatic rings. The zero-order valence-corrected chi connectivity index (χ0v) is 6.93. The summed E-state index contributed by atoms with van der Waals surface area (Å²) >= 11 is 4.65. The van der Waals surface area contributed by atoms with Crippen molar-refractivity contribution in [3.05, 3.63) is 12.7 Å². The van der Waals surface area contributed by atoms with Gasteiger partial charge >= 0.3 is 5.24 Å². The first kappa shape index (κ1) is 8.49. The van der Waals surface area contributed by atoms with E-state index in [0.29, 0.717) is 19.8 Å². The Kier molecular flexibility index (Phi) is 3.32. The Hall–Kier alpha value is -0.610. The van der Waals surface area contributed by atoms with E-state index < -0.39 is 0 Å². The van der Waals surface area contributed by atoms with Crippen molar-refractivity contribution >= 4 is 17.5 Å². The summed E-state index contributed by atoms with van der Waals surface area (Å²) in [6, 6.07) is 0. The van der Waals surface area contributed by atoms with Crippen LogP contribution in [-0.2, 0) is 14.2 Å². The highest BCUT2D eigenvalue weighted by Crippen LogP contribution is 2.06. The van der Waals surface area contributed by atoms with Crippen LogP contribution in [0.4, 0.5) is 0 Å². The zero-order valence-electron chi connectivity index (χ0n) is 6.12. The minimum Gasteiger partial charge on any atom is -0.453 e. The number of hydrogen-bond donors (Lipinski definition) is 0. The highest BCUT2D eigenvalue weighted by atomic mass is 32.1. The van der Waals surface area contributed by atoms with Crippen molar-refractivity contribution in [2.24, 2.45) is 0 Å². The van der Waals surface area contributed by atoms with Gasteiger partial charge < -0.3 is 14.2 Å². The molecule has 0 radical (unpaired) electrons. The lowest BCUT2D eigenvalue weighted by atomic mass is 10.4. The molecule has 0 saturated carbocycles. The molecular formula is C7H10O3S. The van der Waals surface area contributed by atoms with Crippen LogP contribution < -0.4 is 0 Å². The van der Waals surface area contributed by atoms with Gasteiger partial charge in [-0.15, -0.1) is 6.58 Å². The molecule has 0 N–H and O–H groups in total. The monoisotopic (exact) mass is 174 g/mol. The maximum absolute atomic E-state index is 5.13. The molecule has 1 heterocycles. The molecule has 1 atom stereocenters. The van der Waals surface area contributed by atoms with Crippen LogP contribution in [0.5, 0.6) is 0 Å². The molecule has 1 rings (SSSR count). The van der Waals surface area contributed by atoms with Gasteiger partial charge in [-0.2, -0.15) is 0 Å². The molecule has 0 aromatic rings. The molecule has 11 heavy (non-hydrogen) atoms. The maximum atomic E-state index is 5.13. The second-order valence-electron chi connectivity index (χ2n) is 2.13. The van der Waals surface area contributed by atoms with E-state index in [2.05, 4.69) is 18.8 Å². The number of rotatable bonds is 4. The van der Waals surface area contributed by atoms with Crippen molar-refractivity contribution in [3.63, 3.8) is 0 Å². The third-order valence-corrected chi connectivity index (χ3v) is 1.40. The van der Waals surface area contributed by atoms with E-state index in [9.17, 15) is 0 Å². The summed E-state index contributed by atoms with van der Waals surface area (Å²) in [4.78, 5) is 0. The Labute approximate surface area is 70.9 Å². The van der Waals surface area contributed by atoms with Crippen LogP contribution in [0.3, 0.4) is 0 Å². The topological polar surface area (TPSA) is 27.7 Å². The van der Waals surface area contributed by atoms with Crippen LogP contribution in [0.25, 0.3) is 0 Å². The molecule has 1 aliphatic heterocycles. The van der Waals surface area contributed by atoms with Gasteiger partial charge in [0.2, 0.25) is 0 Å². The molecule has 1 unspecified atom stereocenters. The molecule has 62 valence electrons. The van der Waals surface area contributed by atoms with Crippen LogP contribution in [-0.4, -0.2) is 31.2 Å². The fourth-order valence-corrected chi connectivity index (χ4v) is 0.934. The predicted octanol–water partition coefficient (Wildman–Crippen LogP) is 0.889. The Morgan fingerprint density at radius 2 is 2.64 bits per heavy atom. The molecule has 0 spiro atoms. The van der Waals surface area contributed by atoms with Gasteiger partial charge in [-0.1, -0.05) is 6.08 Å². The first-order valence-electron chi connectivity index (χ1n) is 3.35. The molecule has 0 bridgehead atoms. The lowest BCUT2D eigenvalue weighted by Crippen LogP contribution is -2.17. The Balaban J connectivity index is 2.08. The summed E-state index contributed by atoms with van der Waals surface area (Å²) < 4.78 is 15.1. The van der Waals surface area contributed by atoms with E-state index in [0.717, 1.165) is 0 Å². The fraction of sp³-hybridized carbons (Fsp3) is 0.571. The molecule has 0 aliphatic carbocycles. The van der Waals surface area contributed by atoms with Crippen molar-refractivity contribution < 1.29 is 14.2 Å². The lowest BCUT2D eigenvalue weighted by molar-refractivity contribution is 0.0732. The molecule has 0 aromatic carbocycles. The fourth-order valence-electron chi connectivity index (χ4n) is 0.730. The SMILES string of the molecule is C=CCOCC1COC(=S)O1. The summed E-state index contributed by atoms with van der Waals surface area (Å²) in [5.74, 6) is 0. The summed E-state index contributed by atoms with van der Waals surface area (Å²) in [6.07, 6.45) is 1.65.